The highest BCUT2D eigenvalue weighted by molar-refractivity contribution is 5.96. The molecule has 0 aliphatic carbocycles. The van der Waals surface area contributed by atoms with Gasteiger partial charge in [0.15, 0.2) is 5.84 Å². The highest BCUT2D eigenvalue weighted by Crippen LogP contribution is 2.06. The van der Waals surface area contributed by atoms with E-state index in [1.807, 2.05) is 0 Å². The molecule has 1 rings (SSSR count). The van der Waals surface area contributed by atoms with Crippen LogP contribution in [0.4, 0.5) is 0 Å². The third-order valence-electron chi connectivity index (χ3n) is 1.74. The molecule has 15 heavy (non-hydrogen) atoms. The number of benzene rings is 1. The molecule has 78 valence electrons. The second-order valence-corrected chi connectivity index (χ2v) is 2.83. The van der Waals surface area contributed by atoms with Crippen molar-refractivity contribution < 1.29 is 9.90 Å². The number of nitrogens with zero attached hydrogens (tertiary/aromatic N) is 2. The Morgan fingerprint density at radius 3 is 2.47 bits per heavy atom. The van der Waals surface area contributed by atoms with Crippen molar-refractivity contribution in [3.05, 3.63) is 35.4 Å². The van der Waals surface area contributed by atoms with Gasteiger partial charge in [0.05, 0.1) is 6.42 Å². The molecule has 0 saturated carbocycles. The number of amidine groups is 1. The van der Waals surface area contributed by atoms with Crippen molar-refractivity contribution in [1.29, 1.82) is 5.41 Å². The third-order valence-corrected chi connectivity index (χ3v) is 1.74. The summed E-state index contributed by atoms with van der Waals surface area (Å²) in [5, 5.41) is 22.3. The fraction of sp³-hybridized carbons (Fsp3) is 0.111. The zero-order valence-electron chi connectivity index (χ0n) is 7.84. The molecule has 1 aromatic carbocycles. The summed E-state index contributed by atoms with van der Waals surface area (Å²) in [6, 6.07) is 6.47. The lowest BCUT2D eigenvalue weighted by Crippen LogP contribution is -2.01. The average Bonchev–Trinajstić information content (AvgIpc) is 2.18. The monoisotopic (exact) mass is 206 g/mol. The topological polar surface area (TPSA) is 112 Å². The van der Waals surface area contributed by atoms with Gasteiger partial charge in [-0.05, 0) is 5.56 Å². The Bertz CT molecular complexity index is 397. The Balaban J connectivity index is 2.80. The van der Waals surface area contributed by atoms with Crippen LogP contribution in [-0.4, -0.2) is 16.9 Å². The standard InChI is InChI=1S/C9H10N4O2/c10-9(12-13-11)7-3-1-6(2-4-7)5-8(14)15/h1-4H,5H2,(H,14,15)(H3,10,11,12). The summed E-state index contributed by atoms with van der Waals surface area (Å²) in [5.74, 6) is 3.86. The Morgan fingerprint density at radius 2 is 2.00 bits per heavy atom. The van der Waals surface area contributed by atoms with Gasteiger partial charge in [-0.15, -0.1) is 5.11 Å². The number of hydrogen-bond acceptors (Lipinski definition) is 3. The van der Waals surface area contributed by atoms with E-state index in [-0.39, 0.29) is 12.3 Å². The predicted octanol–water partition coefficient (Wildman–Crippen LogP) is 0.965. The molecule has 0 amide bonds. The maximum absolute atomic E-state index is 10.4. The molecule has 0 aliphatic rings. The molecule has 0 fully saturated rings. The molecule has 0 heterocycles. The molecule has 0 spiro atoms. The molecule has 0 atom stereocenters. The van der Waals surface area contributed by atoms with Crippen LogP contribution in [0, 0.1) is 5.41 Å². The molecular weight excluding hydrogens is 196 g/mol. The third kappa shape index (κ3) is 3.18. The zero-order chi connectivity index (χ0) is 11.3. The molecule has 6 heteroatoms. The van der Waals surface area contributed by atoms with Gasteiger partial charge in [-0.1, -0.05) is 29.5 Å². The molecule has 0 saturated heterocycles. The number of nitrogens with one attached hydrogen (secondary N) is 1. The molecule has 0 aliphatic heterocycles. The summed E-state index contributed by atoms with van der Waals surface area (Å²) in [6.45, 7) is 0. The van der Waals surface area contributed by atoms with Crippen molar-refractivity contribution in [1.82, 2.24) is 0 Å². The fourth-order valence-electron chi connectivity index (χ4n) is 1.07. The lowest BCUT2D eigenvalue weighted by atomic mass is 10.1. The van der Waals surface area contributed by atoms with Crippen molar-refractivity contribution in [2.24, 2.45) is 16.2 Å². The molecule has 6 nitrogen and oxygen atoms in total. The van der Waals surface area contributed by atoms with Gasteiger partial charge in [0.2, 0.25) is 0 Å². The number of carbonyl (C=O) groups is 1. The van der Waals surface area contributed by atoms with E-state index in [4.69, 9.17) is 16.4 Å². The Morgan fingerprint density at radius 1 is 1.40 bits per heavy atom. The molecule has 0 radical (unpaired) electrons. The molecule has 0 unspecified atom stereocenters. The van der Waals surface area contributed by atoms with Gasteiger partial charge in [-0.25, -0.2) is 0 Å². The minimum atomic E-state index is -0.889. The van der Waals surface area contributed by atoms with Gasteiger partial charge in [0, 0.05) is 5.56 Å². The van der Waals surface area contributed by atoms with Crippen LogP contribution in [0.25, 0.3) is 0 Å². The molecule has 1 aromatic rings. The summed E-state index contributed by atoms with van der Waals surface area (Å²) in [6.07, 6.45) is -0.0357. The second-order valence-electron chi connectivity index (χ2n) is 2.83. The van der Waals surface area contributed by atoms with Crippen molar-refractivity contribution in [2.75, 3.05) is 0 Å². The molecule has 4 N–H and O–H groups in total. The maximum atomic E-state index is 10.4. The zero-order valence-corrected chi connectivity index (χ0v) is 7.84. The van der Waals surface area contributed by atoms with Crippen molar-refractivity contribution >= 4 is 11.8 Å². The van der Waals surface area contributed by atoms with Crippen LogP contribution >= 0.6 is 0 Å². The van der Waals surface area contributed by atoms with Crippen LogP contribution < -0.4 is 5.84 Å². The van der Waals surface area contributed by atoms with Crippen LogP contribution in [0.2, 0.25) is 0 Å². The normalized spacial score (nSPS) is 10.4. The lowest BCUT2D eigenvalue weighted by molar-refractivity contribution is -0.136. The van der Waals surface area contributed by atoms with Crippen molar-refractivity contribution in [3.63, 3.8) is 0 Å². The second kappa shape index (κ2) is 4.85. The summed E-state index contributed by atoms with van der Waals surface area (Å²) in [4.78, 5) is 10.4. The minimum Gasteiger partial charge on any atom is -0.481 e. The highest BCUT2D eigenvalue weighted by Gasteiger charge is 2.02. The predicted molar refractivity (Wildman–Crippen MR) is 53.7 cm³/mol. The number of carboxylic acid groups (broad SMARTS) is 1. The van der Waals surface area contributed by atoms with Gasteiger partial charge >= 0.3 is 5.97 Å². The van der Waals surface area contributed by atoms with E-state index >= 15 is 0 Å². The summed E-state index contributed by atoms with van der Waals surface area (Å²) in [7, 11) is 0. The number of rotatable bonds is 3. The maximum Gasteiger partial charge on any atom is 0.307 e. The van der Waals surface area contributed by atoms with Crippen molar-refractivity contribution in [3.8, 4) is 0 Å². The first-order chi connectivity index (χ1) is 7.13. The summed E-state index contributed by atoms with van der Waals surface area (Å²) >= 11 is 0. The molecule has 0 aromatic heterocycles. The first-order valence-corrected chi connectivity index (χ1v) is 4.14. The van der Waals surface area contributed by atoms with Crippen LogP contribution in [0.5, 0.6) is 0 Å². The quantitative estimate of drug-likeness (QED) is 0.225. The van der Waals surface area contributed by atoms with Gasteiger partial charge in [0.1, 0.15) is 0 Å². The largest absolute Gasteiger partial charge is 0.481 e. The first-order valence-electron chi connectivity index (χ1n) is 4.14. The van der Waals surface area contributed by atoms with Crippen LogP contribution in [0.15, 0.2) is 34.6 Å². The van der Waals surface area contributed by atoms with Gasteiger partial charge in [0.25, 0.3) is 0 Å². The highest BCUT2D eigenvalue weighted by atomic mass is 16.4. The van der Waals surface area contributed by atoms with E-state index in [2.05, 4.69) is 10.3 Å². The van der Waals surface area contributed by atoms with E-state index in [1.54, 1.807) is 24.3 Å². The van der Waals surface area contributed by atoms with Crippen LogP contribution in [-0.2, 0) is 11.2 Å². The number of aliphatic carboxylic acids is 1. The Kier molecular flexibility index (Phi) is 3.50. The SMILES string of the molecule is N=C(N=NN)c1ccc(CC(=O)O)cc1. The Labute approximate surface area is 85.9 Å². The lowest BCUT2D eigenvalue weighted by Gasteiger charge is -1.99. The first kappa shape index (κ1) is 10.8. The summed E-state index contributed by atoms with van der Waals surface area (Å²) in [5.41, 5.74) is 1.21. The van der Waals surface area contributed by atoms with Crippen LogP contribution in [0.1, 0.15) is 11.1 Å². The Hall–Kier alpha value is -2.24. The van der Waals surface area contributed by atoms with Gasteiger partial charge in [-0.2, -0.15) is 0 Å². The van der Waals surface area contributed by atoms with E-state index < -0.39 is 5.97 Å². The molecular formula is C9H10N4O2. The molecule has 0 bridgehead atoms. The smallest absolute Gasteiger partial charge is 0.307 e. The number of nitrogens with two attached hydrogens (primary N) is 1. The summed E-state index contributed by atoms with van der Waals surface area (Å²) < 4.78 is 0. The van der Waals surface area contributed by atoms with Crippen molar-refractivity contribution in [2.45, 2.75) is 6.42 Å². The van der Waals surface area contributed by atoms with E-state index in [1.165, 1.54) is 0 Å². The fourth-order valence-corrected chi connectivity index (χ4v) is 1.07. The van der Waals surface area contributed by atoms with Gasteiger partial charge < -0.3 is 10.9 Å². The van der Waals surface area contributed by atoms with E-state index in [0.29, 0.717) is 11.1 Å². The van der Waals surface area contributed by atoms with Gasteiger partial charge in [-0.3, -0.25) is 10.2 Å². The van der Waals surface area contributed by atoms with E-state index in [9.17, 15) is 4.79 Å². The van der Waals surface area contributed by atoms with E-state index in [0.717, 1.165) is 0 Å². The number of carboxylic acids is 1. The average molecular weight is 206 g/mol. The van der Waals surface area contributed by atoms with Crippen LogP contribution in [0.3, 0.4) is 0 Å². The minimum absolute atomic E-state index is 0.0357. The number of hydrogen-bond donors (Lipinski definition) is 3.